The summed E-state index contributed by atoms with van der Waals surface area (Å²) in [7, 11) is 0. The zero-order valence-corrected chi connectivity index (χ0v) is 14.5. The lowest BCUT2D eigenvalue weighted by Crippen LogP contribution is -2.23. The second kappa shape index (κ2) is 8.87. The number of aliphatic carboxylic acids is 1. The lowest BCUT2D eigenvalue weighted by Gasteiger charge is -2.10. The SMILES string of the molecule is Cc1cccc(C(=O)NCc2ccc(OCCCC(=O)O)cc2)c1C. The third-order valence-electron chi connectivity index (χ3n) is 4.03. The third-order valence-corrected chi connectivity index (χ3v) is 4.03. The molecular formula is C20H23NO4. The highest BCUT2D eigenvalue weighted by atomic mass is 16.5. The van der Waals surface area contributed by atoms with Gasteiger partial charge in [0.05, 0.1) is 6.61 Å². The van der Waals surface area contributed by atoms with Crippen LogP contribution < -0.4 is 10.1 Å². The molecule has 0 aliphatic heterocycles. The molecule has 0 spiro atoms. The highest BCUT2D eigenvalue weighted by Crippen LogP contribution is 2.14. The number of carboxylic acids is 1. The molecule has 2 N–H and O–H groups in total. The van der Waals surface area contributed by atoms with E-state index >= 15 is 0 Å². The molecule has 5 heteroatoms. The fourth-order valence-corrected chi connectivity index (χ4v) is 2.39. The minimum absolute atomic E-state index is 0.0878. The average Bonchev–Trinajstić information content (AvgIpc) is 2.60. The molecule has 2 aromatic rings. The molecule has 0 radical (unpaired) electrons. The fraction of sp³-hybridized carbons (Fsp3) is 0.300. The van der Waals surface area contributed by atoms with Gasteiger partial charge in [0.15, 0.2) is 0 Å². The Morgan fingerprint density at radius 3 is 2.48 bits per heavy atom. The first-order chi connectivity index (χ1) is 12.0. The molecule has 0 atom stereocenters. The number of amides is 1. The van der Waals surface area contributed by atoms with Gasteiger partial charge >= 0.3 is 5.97 Å². The van der Waals surface area contributed by atoms with Crippen molar-refractivity contribution in [3.05, 3.63) is 64.7 Å². The maximum Gasteiger partial charge on any atom is 0.303 e. The minimum atomic E-state index is -0.821. The summed E-state index contributed by atoms with van der Waals surface area (Å²) in [4.78, 5) is 22.7. The molecule has 0 fully saturated rings. The molecule has 0 unspecified atom stereocenters. The van der Waals surface area contributed by atoms with E-state index in [0.717, 1.165) is 16.7 Å². The molecule has 0 aromatic heterocycles. The van der Waals surface area contributed by atoms with Gasteiger partial charge in [-0.05, 0) is 55.2 Å². The minimum Gasteiger partial charge on any atom is -0.494 e. The zero-order chi connectivity index (χ0) is 18.2. The van der Waals surface area contributed by atoms with E-state index in [1.807, 2.05) is 56.3 Å². The van der Waals surface area contributed by atoms with E-state index in [9.17, 15) is 9.59 Å². The van der Waals surface area contributed by atoms with E-state index in [-0.39, 0.29) is 12.3 Å². The Bertz CT molecular complexity index is 738. The normalized spacial score (nSPS) is 10.3. The van der Waals surface area contributed by atoms with Crippen LogP contribution in [0.3, 0.4) is 0 Å². The average molecular weight is 341 g/mol. The monoisotopic (exact) mass is 341 g/mol. The van der Waals surface area contributed by atoms with E-state index in [4.69, 9.17) is 9.84 Å². The van der Waals surface area contributed by atoms with Crippen LogP contribution in [0.15, 0.2) is 42.5 Å². The highest BCUT2D eigenvalue weighted by molar-refractivity contribution is 5.95. The molecular weight excluding hydrogens is 318 g/mol. The summed E-state index contributed by atoms with van der Waals surface area (Å²) in [5.41, 5.74) is 3.75. The predicted octanol–water partition coefficient (Wildman–Crippen LogP) is 3.48. The summed E-state index contributed by atoms with van der Waals surface area (Å²) in [6.07, 6.45) is 0.575. The number of benzene rings is 2. The van der Waals surface area contributed by atoms with Gasteiger partial charge in [-0.15, -0.1) is 0 Å². The van der Waals surface area contributed by atoms with Gasteiger partial charge < -0.3 is 15.2 Å². The van der Waals surface area contributed by atoms with E-state index in [1.165, 1.54) is 0 Å². The molecule has 0 saturated heterocycles. The standard InChI is InChI=1S/C20H23NO4/c1-14-5-3-6-18(15(14)2)20(24)21-13-16-8-10-17(11-9-16)25-12-4-7-19(22)23/h3,5-6,8-11H,4,7,12-13H2,1-2H3,(H,21,24)(H,22,23). The first kappa shape index (κ1) is 18.5. The van der Waals surface area contributed by atoms with E-state index in [0.29, 0.717) is 30.9 Å². The Hall–Kier alpha value is -2.82. The summed E-state index contributed by atoms with van der Waals surface area (Å²) >= 11 is 0. The molecule has 0 aliphatic carbocycles. The van der Waals surface area contributed by atoms with Crippen molar-refractivity contribution in [1.29, 1.82) is 0 Å². The number of ether oxygens (including phenoxy) is 1. The van der Waals surface area contributed by atoms with Gasteiger partial charge in [-0.1, -0.05) is 24.3 Å². The first-order valence-corrected chi connectivity index (χ1v) is 8.25. The summed E-state index contributed by atoms with van der Waals surface area (Å²) in [5, 5.41) is 11.5. The van der Waals surface area contributed by atoms with Gasteiger partial charge in [0.25, 0.3) is 5.91 Å². The predicted molar refractivity (Wildman–Crippen MR) is 95.9 cm³/mol. The number of nitrogens with one attached hydrogen (secondary N) is 1. The van der Waals surface area contributed by atoms with Crippen LogP contribution in [0.1, 0.15) is 39.9 Å². The van der Waals surface area contributed by atoms with Crippen molar-refractivity contribution in [2.45, 2.75) is 33.2 Å². The maximum absolute atomic E-state index is 12.3. The van der Waals surface area contributed by atoms with Crippen molar-refractivity contribution < 1.29 is 19.4 Å². The van der Waals surface area contributed by atoms with Gasteiger partial charge in [-0.3, -0.25) is 9.59 Å². The van der Waals surface area contributed by atoms with Crippen LogP contribution in [0.4, 0.5) is 0 Å². The molecule has 0 saturated carbocycles. The Morgan fingerprint density at radius 2 is 1.80 bits per heavy atom. The van der Waals surface area contributed by atoms with Crippen LogP contribution in [0, 0.1) is 13.8 Å². The summed E-state index contributed by atoms with van der Waals surface area (Å²) in [6.45, 7) is 4.74. The van der Waals surface area contributed by atoms with Crippen molar-refractivity contribution in [1.82, 2.24) is 5.32 Å². The van der Waals surface area contributed by atoms with Crippen molar-refractivity contribution in [2.75, 3.05) is 6.61 Å². The molecule has 1 amide bonds. The molecule has 132 valence electrons. The second-order valence-electron chi connectivity index (χ2n) is 5.92. The van der Waals surface area contributed by atoms with Crippen LogP contribution in [0.25, 0.3) is 0 Å². The van der Waals surface area contributed by atoms with Crippen LogP contribution in [0.2, 0.25) is 0 Å². The maximum atomic E-state index is 12.3. The van der Waals surface area contributed by atoms with Crippen LogP contribution in [-0.4, -0.2) is 23.6 Å². The van der Waals surface area contributed by atoms with Gasteiger partial charge in [-0.25, -0.2) is 0 Å². The van der Waals surface area contributed by atoms with Crippen molar-refractivity contribution in [3.63, 3.8) is 0 Å². The fourth-order valence-electron chi connectivity index (χ4n) is 2.39. The highest BCUT2D eigenvalue weighted by Gasteiger charge is 2.09. The first-order valence-electron chi connectivity index (χ1n) is 8.25. The lowest BCUT2D eigenvalue weighted by molar-refractivity contribution is -0.137. The number of aryl methyl sites for hydroxylation is 1. The Balaban J connectivity index is 1.84. The lowest BCUT2D eigenvalue weighted by atomic mass is 10.0. The summed E-state index contributed by atoms with van der Waals surface area (Å²) < 4.78 is 5.48. The van der Waals surface area contributed by atoms with E-state index < -0.39 is 5.97 Å². The second-order valence-corrected chi connectivity index (χ2v) is 5.92. The zero-order valence-electron chi connectivity index (χ0n) is 14.5. The largest absolute Gasteiger partial charge is 0.494 e. The Morgan fingerprint density at radius 1 is 1.08 bits per heavy atom. The smallest absolute Gasteiger partial charge is 0.303 e. The van der Waals surface area contributed by atoms with Crippen LogP contribution in [0.5, 0.6) is 5.75 Å². The molecule has 25 heavy (non-hydrogen) atoms. The molecule has 0 aliphatic rings. The number of carboxylic acid groups (broad SMARTS) is 1. The summed E-state index contributed by atoms with van der Waals surface area (Å²) in [6, 6.07) is 13.1. The topological polar surface area (TPSA) is 75.6 Å². The molecule has 0 bridgehead atoms. The number of rotatable bonds is 8. The van der Waals surface area contributed by atoms with Gasteiger partial charge in [-0.2, -0.15) is 0 Å². The van der Waals surface area contributed by atoms with Crippen LogP contribution >= 0.6 is 0 Å². The van der Waals surface area contributed by atoms with Gasteiger partial charge in [0.2, 0.25) is 0 Å². The van der Waals surface area contributed by atoms with E-state index in [1.54, 1.807) is 0 Å². The van der Waals surface area contributed by atoms with Gasteiger partial charge in [0, 0.05) is 18.5 Å². The molecule has 5 nitrogen and oxygen atoms in total. The summed E-state index contributed by atoms with van der Waals surface area (Å²) in [5.74, 6) is -0.219. The third kappa shape index (κ3) is 5.64. The van der Waals surface area contributed by atoms with Crippen LogP contribution in [-0.2, 0) is 11.3 Å². The number of hydrogen-bond donors (Lipinski definition) is 2. The Labute approximate surface area is 147 Å². The Kier molecular flexibility index (Phi) is 6.57. The van der Waals surface area contributed by atoms with Crippen molar-refractivity contribution in [2.24, 2.45) is 0 Å². The molecule has 2 rings (SSSR count). The molecule has 0 heterocycles. The number of hydrogen-bond acceptors (Lipinski definition) is 3. The van der Waals surface area contributed by atoms with Crippen molar-refractivity contribution >= 4 is 11.9 Å². The number of carbonyl (C=O) groups is 2. The quantitative estimate of drug-likeness (QED) is 0.721. The van der Waals surface area contributed by atoms with Crippen molar-refractivity contribution in [3.8, 4) is 5.75 Å². The number of carbonyl (C=O) groups excluding carboxylic acids is 1. The van der Waals surface area contributed by atoms with Gasteiger partial charge in [0.1, 0.15) is 5.75 Å². The van der Waals surface area contributed by atoms with E-state index in [2.05, 4.69) is 5.32 Å². The molecule has 2 aromatic carbocycles.